The molecule has 0 bridgehead atoms. The van der Waals surface area contributed by atoms with Crippen molar-refractivity contribution in [2.45, 2.75) is 6.92 Å². The van der Waals surface area contributed by atoms with Crippen molar-refractivity contribution in [3.05, 3.63) is 56.9 Å². The molecule has 1 amide bonds. The lowest BCUT2D eigenvalue weighted by Gasteiger charge is -2.13. The van der Waals surface area contributed by atoms with E-state index in [0.717, 1.165) is 0 Å². The van der Waals surface area contributed by atoms with Crippen LogP contribution in [0.25, 0.3) is 6.08 Å². The minimum atomic E-state index is -1.05. The van der Waals surface area contributed by atoms with Crippen LogP contribution in [0.3, 0.4) is 0 Å². The SMILES string of the molecule is CCN1C(=O)/C(=C/c2cc(Br)c(OCC(=O)OC)c(OC)c2)SC1=Nc1cccc(C(=O)O)c1. The van der Waals surface area contributed by atoms with E-state index < -0.39 is 11.9 Å². The summed E-state index contributed by atoms with van der Waals surface area (Å²) in [5.41, 5.74) is 1.21. The van der Waals surface area contributed by atoms with E-state index in [2.05, 4.69) is 25.7 Å². The van der Waals surface area contributed by atoms with Gasteiger partial charge in [-0.15, -0.1) is 0 Å². The molecule has 178 valence electrons. The molecule has 1 saturated heterocycles. The third-order valence-electron chi connectivity index (χ3n) is 4.63. The number of rotatable bonds is 8. The predicted octanol–water partition coefficient (Wildman–Crippen LogP) is 4.33. The predicted molar refractivity (Wildman–Crippen MR) is 132 cm³/mol. The van der Waals surface area contributed by atoms with Gasteiger partial charge in [-0.25, -0.2) is 14.6 Å². The average Bonchev–Trinajstić information content (AvgIpc) is 3.11. The zero-order valence-electron chi connectivity index (χ0n) is 18.5. The Balaban J connectivity index is 1.92. The summed E-state index contributed by atoms with van der Waals surface area (Å²) in [5.74, 6) is -1.11. The second-order valence-corrected chi connectivity index (χ2v) is 8.67. The number of benzene rings is 2. The van der Waals surface area contributed by atoms with Crippen LogP contribution in [-0.4, -0.2) is 60.4 Å². The van der Waals surface area contributed by atoms with Gasteiger partial charge in [-0.05, 0) is 76.6 Å². The number of hydrogen-bond acceptors (Lipinski definition) is 8. The van der Waals surface area contributed by atoms with E-state index in [-0.39, 0.29) is 18.1 Å². The summed E-state index contributed by atoms with van der Waals surface area (Å²) in [6.07, 6.45) is 1.70. The van der Waals surface area contributed by atoms with Gasteiger partial charge in [0.2, 0.25) is 0 Å². The van der Waals surface area contributed by atoms with Gasteiger partial charge in [0.1, 0.15) is 0 Å². The summed E-state index contributed by atoms with van der Waals surface area (Å²) in [5, 5.41) is 9.65. The van der Waals surface area contributed by atoms with E-state index in [1.807, 2.05) is 6.92 Å². The summed E-state index contributed by atoms with van der Waals surface area (Å²) >= 11 is 4.60. The fourth-order valence-corrected chi connectivity index (χ4v) is 4.63. The molecule has 0 aliphatic carbocycles. The molecule has 0 unspecified atom stereocenters. The van der Waals surface area contributed by atoms with Crippen molar-refractivity contribution in [1.82, 2.24) is 4.90 Å². The molecule has 9 nitrogen and oxygen atoms in total. The van der Waals surface area contributed by atoms with Crippen LogP contribution in [0.15, 0.2) is 50.8 Å². The minimum absolute atomic E-state index is 0.112. The molecule has 0 radical (unpaired) electrons. The summed E-state index contributed by atoms with van der Waals surface area (Å²) in [4.78, 5) is 42.1. The first-order valence-electron chi connectivity index (χ1n) is 9.98. The molecule has 1 aliphatic heterocycles. The van der Waals surface area contributed by atoms with E-state index in [1.165, 1.54) is 43.0 Å². The van der Waals surface area contributed by atoms with Crippen LogP contribution in [-0.2, 0) is 14.3 Å². The first kappa shape index (κ1) is 25.3. The minimum Gasteiger partial charge on any atom is -0.493 e. The van der Waals surface area contributed by atoms with Gasteiger partial charge in [0.15, 0.2) is 23.3 Å². The number of nitrogens with zero attached hydrogens (tertiary/aromatic N) is 2. The number of esters is 1. The Morgan fingerprint density at radius 1 is 1.24 bits per heavy atom. The zero-order chi connectivity index (χ0) is 24.8. The molecule has 0 saturated carbocycles. The summed E-state index contributed by atoms with van der Waals surface area (Å²) in [6, 6.07) is 9.62. The molecule has 0 aromatic heterocycles. The number of likely N-dealkylation sites (N-methyl/N-ethyl adjacent to an activating group) is 1. The smallest absolute Gasteiger partial charge is 0.343 e. The first-order valence-corrected chi connectivity index (χ1v) is 11.6. The molecule has 11 heteroatoms. The number of aromatic carboxylic acids is 1. The summed E-state index contributed by atoms with van der Waals surface area (Å²) in [7, 11) is 2.73. The van der Waals surface area contributed by atoms with Crippen LogP contribution in [0, 0.1) is 0 Å². The number of halogens is 1. The van der Waals surface area contributed by atoms with Crippen LogP contribution in [0.1, 0.15) is 22.8 Å². The molecule has 1 fully saturated rings. The molecule has 2 aromatic rings. The van der Waals surface area contributed by atoms with Crippen LogP contribution < -0.4 is 9.47 Å². The van der Waals surface area contributed by atoms with E-state index in [0.29, 0.717) is 43.8 Å². The molecule has 1 N–H and O–H groups in total. The highest BCUT2D eigenvalue weighted by Crippen LogP contribution is 2.39. The lowest BCUT2D eigenvalue weighted by Crippen LogP contribution is -2.28. The number of carboxylic acids is 1. The molecular weight excluding hydrogens is 528 g/mol. The molecule has 0 atom stereocenters. The average molecular weight is 549 g/mol. The van der Waals surface area contributed by atoms with Crippen molar-refractivity contribution in [1.29, 1.82) is 0 Å². The van der Waals surface area contributed by atoms with Crippen molar-refractivity contribution < 1.29 is 33.7 Å². The second-order valence-electron chi connectivity index (χ2n) is 6.81. The number of amides is 1. The number of carboxylic acid groups (broad SMARTS) is 1. The Hall–Kier alpha value is -3.31. The molecule has 2 aromatic carbocycles. The Labute approximate surface area is 208 Å². The van der Waals surface area contributed by atoms with Gasteiger partial charge in [0.05, 0.1) is 34.8 Å². The van der Waals surface area contributed by atoms with Gasteiger partial charge in [0, 0.05) is 6.54 Å². The van der Waals surface area contributed by atoms with Crippen LogP contribution in [0.5, 0.6) is 11.5 Å². The van der Waals surface area contributed by atoms with Crippen molar-refractivity contribution in [3.63, 3.8) is 0 Å². The normalized spacial score (nSPS) is 15.6. The largest absolute Gasteiger partial charge is 0.493 e. The van der Waals surface area contributed by atoms with E-state index in [9.17, 15) is 19.5 Å². The van der Waals surface area contributed by atoms with Crippen molar-refractivity contribution >= 4 is 62.5 Å². The third kappa shape index (κ3) is 5.78. The number of methoxy groups -OCH3 is 2. The highest BCUT2D eigenvalue weighted by Gasteiger charge is 2.32. The standard InChI is InChI=1S/C23H21BrN2O7S/c1-4-26-21(28)18(34-23(26)25-15-7-5-6-14(11-15)22(29)30)10-13-8-16(24)20(17(9-13)31-2)33-12-19(27)32-3/h5-11H,4,12H2,1-3H3,(H,29,30)/b18-10-,25-23?. The van der Waals surface area contributed by atoms with Gasteiger partial charge >= 0.3 is 11.9 Å². The van der Waals surface area contributed by atoms with Crippen LogP contribution in [0.4, 0.5) is 5.69 Å². The maximum absolute atomic E-state index is 13.0. The van der Waals surface area contributed by atoms with Gasteiger partial charge in [-0.3, -0.25) is 9.69 Å². The van der Waals surface area contributed by atoms with E-state index in [4.69, 9.17) is 9.47 Å². The summed E-state index contributed by atoms with van der Waals surface area (Å²) < 4.78 is 16.0. The number of hydrogen-bond donors (Lipinski definition) is 1. The number of ether oxygens (including phenoxy) is 3. The van der Waals surface area contributed by atoms with Gasteiger partial charge in [-0.2, -0.15) is 0 Å². The second kappa shape index (κ2) is 11.2. The third-order valence-corrected chi connectivity index (χ3v) is 6.23. The van der Waals surface area contributed by atoms with Crippen molar-refractivity contribution in [2.24, 2.45) is 4.99 Å². The van der Waals surface area contributed by atoms with Crippen LogP contribution in [0.2, 0.25) is 0 Å². The fraction of sp³-hybridized carbons (Fsp3) is 0.217. The van der Waals surface area contributed by atoms with E-state index in [1.54, 1.807) is 30.3 Å². The van der Waals surface area contributed by atoms with Gasteiger partial charge < -0.3 is 19.3 Å². The fourth-order valence-electron chi connectivity index (χ4n) is 2.99. The highest BCUT2D eigenvalue weighted by atomic mass is 79.9. The Bertz CT molecular complexity index is 1200. The lowest BCUT2D eigenvalue weighted by atomic mass is 10.2. The monoisotopic (exact) mass is 548 g/mol. The molecule has 0 spiro atoms. The number of carbonyl (C=O) groups excluding carboxylic acids is 2. The number of amidine groups is 1. The molecular formula is C23H21BrN2O7S. The number of carbonyl (C=O) groups is 3. The molecule has 1 aliphatic rings. The van der Waals surface area contributed by atoms with Crippen LogP contribution >= 0.6 is 27.7 Å². The quantitative estimate of drug-likeness (QED) is 0.382. The molecule has 34 heavy (non-hydrogen) atoms. The first-order chi connectivity index (χ1) is 16.3. The lowest BCUT2D eigenvalue weighted by molar-refractivity contribution is -0.143. The van der Waals surface area contributed by atoms with Gasteiger partial charge in [0.25, 0.3) is 5.91 Å². The highest BCUT2D eigenvalue weighted by molar-refractivity contribution is 9.10. The van der Waals surface area contributed by atoms with Crippen molar-refractivity contribution in [3.8, 4) is 11.5 Å². The maximum Gasteiger partial charge on any atom is 0.343 e. The maximum atomic E-state index is 13.0. The van der Waals surface area contributed by atoms with Gasteiger partial charge in [-0.1, -0.05) is 6.07 Å². The zero-order valence-corrected chi connectivity index (χ0v) is 20.9. The molecule has 1 heterocycles. The number of aliphatic imine (C=N–C) groups is 1. The summed E-state index contributed by atoms with van der Waals surface area (Å²) in [6.45, 7) is 1.94. The molecule has 3 rings (SSSR count). The topological polar surface area (TPSA) is 115 Å². The van der Waals surface area contributed by atoms with E-state index >= 15 is 0 Å². The number of thioether (sulfide) groups is 1. The Morgan fingerprint density at radius 3 is 2.65 bits per heavy atom. The van der Waals surface area contributed by atoms with Crippen molar-refractivity contribution in [2.75, 3.05) is 27.4 Å². The Morgan fingerprint density at radius 2 is 2.00 bits per heavy atom. The Kier molecular flexibility index (Phi) is 8.35.